The van der Waals surface area contributed by atoms with Crippen molar-refractivity contribution in [1.82, 2.24) is 0 Å². The van der Waals surface area contributed by atoms with Gasteiger partial charge in [0.15, 0.2) is 23.0 Å². The molecule has 11 nitrogen and oxygen atoms in total. The van der Waals surface area contributed by atoms with Crippen molar-refractivity contribution in [1.29, 1.82) is 0 Å². The SMILES string of the molecule is O=C(c1c(O)c(O)c(O)c(O)c1O)c1c(O)c(O)c(O)c(O)c1O. The van der Waals surface area contributed by atoms with Crippen LogP contribution >= 0.6 is 0 Å². The predicted octanol–water partition coefficient (Wildman–Crippen LogP) is -0.0264. The lowest BCUT2D eigenvalue weighted by Crippen LogP contribution is -2.04. The van der Waals surface area contributed by atoms with Crippen molar-refractivity contribution < 1.29 is 55.9 Å². The Hall–Kier alpha value is -3.89. The first-order chi connectivity index (χ1) is 11.0. The number of aromatic hydroxyl groups is 10. The highest BCUT2D eigenvalue weighted by Crippen LogP contribution is 2.55. The largest absolute Gasteiger partial charge is 0.504 e. The van der Waals surface area contributed by atoms with Gasteiger partial charge in [-0.25, -0.2) is 0 Å². The Balaban J connectivity index is 2.87. The molecule has 0 bridgehead atoms. The number of phenolic OH excluding ortho intramolecular Hbond substituents is 10. The smallest absolute Gasteiger partial charge is 0.208 e. The van der Waals surface area contributed by atoms with Crippen molar-refractivity contribution in [2.45, 2.75) is 0 Å². The molecule has 0 aliphatic heterocycles. The van der Waals surface area contributed by atoms with Gasteiger partial charge in [-0.15, -0.1) is 0 Å². The molecule has 0 aromatic heterocycles. The average Bonchev–Trinajstić information content (AvgIpc) is 2.55. The number of hydrogen-bond donors (Lipinski definition) is 10. The summed E-state index contributed by atoms with van der Waals surface area (Å²) in [5, 5.41) is 94.6. The second-order valence-electron chi connectivity index (χ2n) is 4.57. The molecule has 0 amide bonds. The van der Waals surface area contributed by atoms with Gasteiger partial charge < -0.3 is 51.1 Å². The van der Waals surface area contributed by atoms with Crippen molar-refractivity contribution in [2.75, 3.05) is 0 Å². The van der Waals surface area contributed by atoms with E-state index in [1.807, 2.05) is 0 Å². The Morgan fingerprint density at radius 2 is 0.542 bits per heavy atom. The van der Waals surface area contributed by atoms with Gasteiger partial charge in [0.25, 0.3) is 0 Å². The van der Waals surface area contributed by atoms with Gasteiger partial charge in [0, 0.05) is 0 Å². The minimum atomic E-state index is -1.68. The normalized spacial score (nSPS) is 10.7. The summed E-state index contributed by atoms with van der Waals surface area (Å²) in [4.78, 5) is 12.3. The van der Waals surface area contributed by atoms with Crippen molar-refractivity contribution >= 4 is 5.78 Å². The summed E-state index contributed by atoms with van der Waals surface area (Å²) in [5.74, 6) is -15.7. The molecule has 0 aliphatic carbocycles. The van der Waals surface area contributed by atoms with E-state index < -0.39 is 74.4 Å². The van der Waals surface area contributed by atoms with E-state index in [1.165, 1.54) is 0 Å². The first kappa shape index (κ1) is 16.5. The molecule has 2 aromatic carbocycles. The van der Waals surface area contributed by atoms with Gasteiger partial charge in [0.05, 0.1) is 0 Å². The maximum atomic E-state index is 12.3. The fourth-order valence-corrected chi connectivity index (χ4v) is 1.93. The Morgan fingerprint density at radius 1 is 0.375 bits per heavy atom. The average molecular weight is 342 g/mol. The predicted molar refractivity (Wildman–Crippen MR) is 73.0 cm³/mol. The van der Waals surface area contributed by atoms with Crippen LogP contribution < -0.4 is 0 Å². The van der Waals surface area contributed by atoms with Crippen LogP contribution in [0.2, 0.25) is 0 Å². The number of hydrogen-bond acceptors (Lipinski definition) is 11. The van der Waals surface area contributed by atoms with Crippen molar-refractivity contribution in [3.8, 4) is 57.5 Å². The Labute approximate surface area is 131 Å². The van der Waals surface area contributed by atoms with Gasteiger partial charge in [-0.2, -0.15) is 0 Å². The van der Waals surface area contributed by atoms with Gasteiger partial charge in [-0.05, 0) is 0 Å². The van der Waals surface area contributed by atoms with Crippen molar-refractivity contribution in [3.05, 3.63) is 11.1 Å². The summed E-state index contributed by atoms with van der Waals surface area (Å²) in [7, 11) is 0. The number of rotatable bonds is 2. The van der Waals surface area contributed by atoms with E-state index in [1.54, 1.807) is 0 Å². The van der Waals surface area contributed by atoms with Crippen LogP contribution in [-0.4, -0.2) is 56.8 Å². The molecule has 10 N–H and O–H groups in total. The van der Waals surface area contributed by atoms with E-state index in [9.17, 15) is 55.9 Å². The van der Waals surface area contributed by atoms with Crippen LogP contribution in [0.25, 0.3) is 0 Å². The standard InChI is InChI=1S/C13H10O11/c14-3(1-4(15)8(19)12(23)9(20)5(1)16)2-6(17)10(21)13(24)11(22)7(2)18/h15-24H. The summed E-state index contributed by atoms with van der Waals surface area (Å²) in [5.41, 5.74) is -2.56. The first-order valence-corrected chi connectivity index (χ1v) is 5.94. The Kier molecular flexibility index (Phi) is 3.49. The zero-order chi connectivity index (χ0) is 18.5. The summed E-state index contributed by atoms with van der Waals surface area (Å²) in [6.45, 7) is 0. The van der Waals surface area contributed by atoms with Crippen LogP contribution in [0.5, 0.6) is 57.5 Å². The molecular formula is C13H10O11. The molecule has 0 fully saturated rings. The molecule has 2 rings (SSSR count). The van der Waals surface area contributed by atoms with Crippen LogP contribution in [0.3, 0.4) is 0 Å². The molecule has 0 saturated carbocycles. The van der Waals surface area contributed by atoms with Crippen LogP contribution in [0.1, 0.15) is 15.9 Å². The second kappa shape index (κ2) is 5.08. The fourth-order valence-electron chi connectivity index (χ4n) is 1.93. The molecule has 128 valence electrons. The van der Waals surface area contributed by atoms with Crippen molar-refractivity contribution in [2.24, 2.45) is 0 Å². The first-order valence-electron chi connectivity index (χ1n) is 5.94. The third-order valence-corrected chi connectivity index (χ3v) is 3.20. The van der Waals surface area contributed by atoms with Gasteiger partial charge in [0.1, 0.15) is 11.1 Å². The van der Waals surface area contributed by atoms with Crippen LogP contribution in [0.15, 0.2) is 0 Å². The molecule has 0 radical (unpaired) electrons. The highest BCUT2D eigenvalue weighted by atomic mass is 16.4. The third kappa shape index (κ3) is 1.95. The van der Waals surface area contributed by atoms with E-state index in [-0.39, 0.29) is 0 Å². The van der Waals surface area contributed by atoms with E-state index in [4.69, 9.17) is 0 Å². The topological polar surface area (TPSA) is 219 Å². The van der Waals surface area contributed by atoms with Gasteiger partial charge >= 0.3 is 0 Å². The molecule has 0 heterocycles. The lowest BCUT2D eigenvalue weighted by molar-refractivity contribution is 0.102. The van der Waals surface area contributed by atoms with Crippen LogP contribution in [-0.2, 0) is 0 Å². The minimum absolute atomic E-state index is 1.28. The number of benzene rings is 2. The Morgan fingerprint density at radius 3 is 0.750 bits per heavy atom. The van der Waals surface area contributed by atoms with Crippen LogP contribution in [0.4, 0.5) is 0 Å². The monoisotopic (exact) mass is 342 g/mol. The summed E-state index contributed by atoms with van der Waals surface area (Å²) >= 11 is 0. The molecular weight excluding hydrogens is 332 g/mol. The zero-order valence-electron chi connectivity index (χ0n) is 11.4. The zero-order valence-corrected chi connectivity index (χ0v) is 11.4. The molecule has 24 heavy (non-hydrogen) atoms. The lowest BCUT2D eigenvalue weighted by Gasteiger charge is -2.14. The number of carbonyl (C=O) groups excluding carboxylic acids is 1. The highest BCUT2D eigenvalue weighted by Gasteiger charge is 2.34. The summed E-state index contributed by atoms with van der Waals surface area (Å²) in [6, 6.07) is 0. The number of phenols is 10. The molecule has 11 heteroatoms. The van der Waals surface area contributed by atoms with E-state index in [2.05, 4.69) is 0 Å². The second-order valence-corrected chi connectivity index (χ2v) is 4.57. The molecule has 0 spiro atoms. The van der Waals surface area contributed by atoms with Crippen LogP contribution in [0, 0.1) is 0 Å². The van der Waals surface area contributed by atoms with E-state index in [0.717, 1.165) is 0 Å². The summed E-state index contributed by atoms with van der Waals surface area (Å²) in [6.07, 6.45) is 0. The molecule has 0 unspecified atom stereocenters. The van der Waals surface area contributed by atoms with Gasteiger partial charge in [0.2, 0.25) is 40.3 Å². The maximum absolute atomic E-state index is 12.3. The maximum Gasteiger partial charge on any atom is 0.208 e. The van der Waals surface area contributed by atoms with Gasteiger partial charge in [-0.3, -0.25) is 4.79 Å². The quantitative estimate of drug-likeness (QED) is 0.198. The van der Waals surface area contributed by atoms with Gasteiger partial charge in [-0.1, -0.05) is 0 Å². The highest BCUT2D eigenvalue weighted by molar-refractivity contribution is 6.17. The van der Waals surface area contributed by atoms with Crippen molar-refractivity contribution in [3.63, 3.8) is 0 Å². The van der Waals surface area contributed by atoms with E-state index in [0.29, 0.717) is 0 Å². The number of carbonyl (C=O) groups is 1. The minimum Gasteiger partial charge on any atom is -0.504 e. The van der Waals surface area contributed by atoms with E-state index >= 15 is 0 Å². The molecule has 0 saturated heterocycles. The molecule has 2 aromatic rings. The summed E-state index contributed by atoms with van der Waals surface area (Å²) < 4.78 is 0. The third-order valence-electron chi connectivity index (χ3n) is 3.20. The Bertz CT molecular complexity index is 755. The lowest BCUT2D eigenvalue weighted by atomic mass is 9.97. The molecule has 0 aliphatic rings. The fraction of sp³-hybridized carbons (Fsp3) is 0. The number of ketones is 1. The molecule has 0 atom stereocenters.